The highest BCUT2D eigenvalue weighted by atomic mass is 31.1. The molecule has 0 aliphatic rings. The first-order valence-corrected chi connectivity index (χ1v) is 8.08. The van der Waals surface area contributed by atoms with Crippen molar-refractivity contribution < 1.29 is 32.7 Å². The minimum atomic E-state index is -2.71. The van der Waals surface area contributed by atoms with Gasteiger partial charge in [-0.25, -0.2) is 9.59 Å². The van der Waals surface area contributed by atoms with Crippen molar-refractivity contribution >= 4 is 20.2 Å². The van der Waals surface area contributed by atoms with E-state index in [1.807, 2.05) is 0 Å². The van der Waals surface area contributed by atoms with Crippen LogP contribution in [0.5, 0.6) is 0 Å². The molecule has 0 fully saturated rings. The molecular weight excluding hydrogens is 311 g/mol. The van der Waals surface area contributed by atoms with E-state index in [-0.39, 0.29) is 26.4 Å². The highest BCUT2D eigenvalue weighted by Crippen LogP contribution is 2.25. The maximum atomic E-state index is 11.5. The average molecular weight is 334 g/mol. The lowest BCUT2D eigenvalue weighted by Gasteiger charge is -2.06. The van der Waals surface area contributed by atoms with E-state index in [1.54, 1.807) is 27.7 Å². The van der Waals surface area contributed by atoms with E-state index in [4.69, 9.17) is 18.5 Å². The predicted octanol–water partition coefficient (Wildman–Crippen LogP) is 2.43. The molecule has 0 aliphatic carbocycles. The predicted molar refractivity (Wildman–Crippen MR) is 81.7 cm³/mol. The largest absolute Gasteiger partial charge is 0.463 e. The van der Waals surface area contributed by atoms with Gasteiger partial charge in [0.15, 0.2) is 0 Å². The lowest BCUT2D eigenvalue weighted by molar-refractivity contribution is -0.138. The number of ether oxygens (including phenoxy) is 2. The molecule has 0 unspecified atom stereocenters. The molecular formula is C14H23O7P. The van der Waals surface area contributed by atoms with Crippen LogP contribution in [0.15, 0.2) is 23.3 Å². The summed E-state index contributed by atoms with van der Waals surface area (Å²) in [5.41, 5.74) is 1.14. The molecule has 0 atom stereocenters. The van der Waals surface area contributed by atoms with Gasteiger partial charge in [0.05, 0.1) is 26.4 Å². The van der Waals surface area contributed by atoms with Gasteiger partial charge in [-0.15, -0.1) is 0 Å². The molecule has 0 aromatic carbocycles. The molecule has 7 nitrogen and oxygen atoms in total. The van der Waals surface area contributed by atoms with Crippen molar-refractivity contribution in [2.45, 2.75) is 27.7 Å². The zero-order valence-corrected chi connectivity index (χ0v) is 14.3. The summed E-state index contributed by atoms with van der Waals surface area (Å²) in [5, 5.41) is 0. The Balaban J connectivity index is 4.09. The fraction of sp³-hybridized carbons (Fsp3) is 0.571. The molecule has 0 aliphatic heterocycles. The lowest BCUT2D eigenvalue weighted by atomic mass is 10.3. The monoisotopic (exact) mass is 334 g/mol. The zero-order chi connectivity index (χ0) is 17.0. The average Bonchev–Trinajstić information content (AvgIpc) is 2.43. The molecule has 126 valence electrons. The second kappa shape index (κ2) is 12.1. The van der Waals surface area contributed by atoms with Crippen molar-refractivity contribution in [3.8, 4) is 0 Å². The minimum Gasteiger partial charge on any atom is -0.463 e. The highest BCUT2D eigenvalue weighted by molar-refractivity contribution is 7.33. The first kappa shape index (κ1) is 20.6. The summed E-state index contributed by atoms with van der Waals surface area (Å²) >= 11 is 0. The van der Waals surface area contributed by atoms with Crippen LogP contribution in [0.25, 0.3) is 0 Å². The molecule has 0 saturated carbocycles. The molecule has 0 aromatic rings. The van der Waals surface area contributed by atoms with E-state index in [2.05, 4.69) is 0 Å². The Morgan fingerprint density at radius 2 is 1.23 bits per heavy atom. The molecule has 0 radical (unpaired) electrons. The van der Waals surface area contributed by atoms with Crippen molar-refractivity contribution in [1.29, 1.82) is 0 Å². The Kier molecular flexibility index (Phi) is 11.4. The number of esters is 2. The molecule has 8 heteroatoms. The summed E-state index contributed by atoms with van der Waals surface area (Å²) in [6.45, 7) is 7.28. The fourth-order valence-electron chi connectivity index (χ4n) is 1.24. The van der Waals surface area contributed by atoms with E-state index in [9.17, 15) is 14.2 Å². The Morgan fingerprint density at radius 3 is 1.55 bits per heavy atom. The van der Waals surface area contributed by atoms with Crippen LogP contribution >= 0.6 is 8.25 Å². The molecule has 0 rings (SSSR count). The standard InChI is InChI=1S/C14H23O7P/c1-5-18-13(15)7-11(3)9-20-22(17)21-10-12(4)8-14(16)19-6-2/h7-8,22H,5-6,9-10H2,1-4H3/b11-7+,12-8+. The molecule has 22 heavy (non-hydrogen) atoms. The van der Waals surface area contributed by atoms with Gasteiger partial charge in [0.1, 0.15) is 0 Å². The highest BCUT2D eigenvalue weighted by Gasteiger charge is 2.05. The number of carbonyl (C=O) groups is 2. The summed E-state index contributed by atoms with van der Waals surface area (Å²) in [5.74, 6) is -0.949. The van der Waals surface area contributed by atoms with Gasteiger partial charge in [-0.05, 0) is 38.8 Å². The van der Waals surface area contributed by atoms with E-state index in [0.29, 0.717) is 11.1 Å². The molecule has 0 saturated heterocycles. The third-order valence-corrected chi connectivity index (χ3v) is 2.90. The smallest absolute Gasteiger partial charge is 0.330 e. The molecule has 0 spiro atoms. The van der Waals surface area contributed by atoms with Crippen molar-refractivity contribution in [3.05, 3.63) is 23.3 Å². The van der Waals surface area contributed by atoms with E-state index in [1.165, 1.54) is 12.2 Å². The molecule has 0 heterocycles. The van der Waals surface area contributed by atoms with Crippen molar-refractivity contribution in [3.63, 3.8) is 0 Å². The normalized spacial score (nSPS) is 13.6. The third kappa shape index (κ3) is 11.3. The van der Waals surface area contributed by atoms with Gasteiger partial charge in [0.2, 0.25) is 0 Å². The Labute approximate surface area is 131 Å². The van der Waals surface area contributed by atoms with Gasteiger partial charge in [0.25, 0.3) is 0 Å². The third-order valence-electron chi connectivity index (χ3n) is 2.14. The van der Waals surface area contributed by atoms with Gasteiger partial charge in [-0.1, -0.05) is 0 Å². The van der Waals surface area contributed by atoms with Gasteiger partial charge in [-0.3, -0.25) is 4.57 Å². The summed E-state index contributed by atoms with van der Waals surface area (Å²) < 4.78 is 31.0. The van der Waals surface area contributed by atoms with Crippen molar-refractivity contribution in [1.82, 2.24) is 0 Å². The maximum Gasteiger partial charge on any atom is 0.330 e. The first-order valence-electron chi connectivity index (χ1n) is 6.86. The van der Waals surface area contributed by atoms with E-state index >= 15 is 0 Å². The minimum absolute atomic E-state index is 0.00273. The summed E-state index contributed by atoms with van der Waals surface area (Å²) in [6, 6.07) is 0. The van der Waals surface area contributed by atoms with Crippen molar-refractivity contribution in [2.75, 3.05) is 26.4 Å². The van der Waals surface area contributed by atoms with Gasteiger partial charge in [-0.2, -0.15) is 0 Å². The fourth-order valence-corrected chi connectivity index (χ4v) is 2.02. The summed E-state index contributed by atoms with van der Waals surface area (Å²) in [6.07, 6.45) is 2.54. The number of hydrogen-bond donors (Lipinski definition) is 0. The number of hydrogen-bond acceptors (Lipinski definition) is 7. The number of rotatable bonds is 10. The topological polar surface area (TPSA) is 88.1 Å². The van der Waals surface area contributed by atoms with Crippen LogP contribution in [0.1, 0.15) is 27.7 Å². The molecule has 0 bridgehead atoms. The summed E-state index contributed by atoms with van der Waals surface area (Å²) in [4.78, 5) is 22.3. The van der Waals surface area contributed by atoms with Crippen LogP contribution in [0, 0.1) is 0 Å². The Bertz CT molecular complexity index is 414. The van der Waals surface area contributed by atoms with Crippen molar-refractivity contribution in [2.24, 2.45) is 0 Å². The SMILES string of the molecule is CCOC(=O)/C=C(\C)CO[PH](=O)OC/C(C)=C/C(=O)OCC. The quantitative estimate of drug-likeness (QED) is 0.344. The van der Waals surface area contributed by atoms with Gasteiger partial charge in [0, 0.05) is 12.2 Å². The maximum absolute atomic E-state index is 11.5. The van der Waals surface area contributed by atoms with Crippen LogP contribution in [-0.4, -0.2) is 38.4 Å². The van der Waals surface area contributed by atoms with E-state index in [0.717, 1.165) is 0 Å². The molecule has 0 N–H and O–H groups in total. The molecule has 0 aromatic heterocycles. The van der Waals surface area contributed by atoms with Crippen LogP contribution in [-0.2, 0) is 32.7 Å². The molecule has 0 amide bonds. The Morgan fingerprint density at radius 1 is 0.864 bits per heavy atom. The van der Waals surface area contributed by atoms with Gasteiger partial charge >= 0.3 is 20.2 Å². The summed E-state index contributed by atoms with van der Waals surface area (Å²) in [7, 11) is -2.71. The second-order valence-electron chi connectivity index (χ2n) is 4.31. The first-order chi connectivity index (χ1) is 10.4. The lowest BCUT2D eigenvalue weighted by Crippen LogP contribution is -2.03. The number of carbonyl (C=O) groups excluding carboxylic acids is 2. The van der Waals surface area contributed by atoms with Crippen LogP contribution < -0.4 is 0 Å². The Hall–Kier alpha value is -1.43. The second-order valence-corrected chi connectivity index (χ2v) is 5.39. The van der Waals surface area contributed by atoms with Gasteiger partial charge < -0.3 is 18.5 Å². The zero-order valence-electron chi connectivity index (χ0n) is 13.3. The van der Waals surface area contributed by atoms with Crippen LogP contribution in [0.4, 0.5) is 0 Å². The van der Waals surface area contributed by atoms with Crippen LogP contribution in [0.2, 0.25) is 0 Å². The van der Waals surface area contributed by atoms with Crippen LogP contribution in [0.3, 0.4) is 0 Å². The van der Waals surface area contributed by atoms with E-state index < -0.39 is 20.2 Å².